The Morgan fingerprint density at radius 3 is 2.05 bits per heavy atom. The lowest BCUT2D eigenvalue weighted by Crippen LogP contribution is -2.05. The van der Waals surface area contributed by atoms with Gasteiger partial charge in [0.15, 0.2) is 0 Å². The fourth-order valence-electron chi connectivity index (χ4n) is 2.10. The molecule has 2 rings (SSSR count). The number of hydrogen-bond acceptors (Lipinski definition) is 2. The molecule has 0 aliphatic rings. The quantitative estimate of drug-likeness (QED) is 0.914. The molecule has 2 nitrogen and oxygen atoms in total. The predicted molar refractivity (Wildman–Crippen MR) is 74.3 cm³/mol. The molecular formula is C16H14F2N2. The molecule has 0 fully saturated rings. The maximum atomic E-state index is 13.7. The first-order valence-electron chi connectivity index (χ1n) is 6.20. The number of hydrogen-bond donors (Lipinski definition) is 1. The number of aryl methyl sites for hydroxylation is 2. The minimum absolute atomic E-state index is 0.0184. The number of nitriles is 1. The molecule has 0 radical (unpaired) electrons. The van der Waals surface area contributed by atoms with Crippen LogP contribution in [0.25, 0.3) is 0 Å². The molecule has 0 spiro atoms. The third kappa shape index (κ3) is 3.12. The summed E-state index contributed by atoms with van der Waals surface area (Å²) in [7, 11) is 0. The fourth-order valence-corrected chi connectivity index (χ4v) is 2.10. The van der Waals surface area contributed by atoms with E-state index in [0.717, 1.165) is 28.9 Å². The van der Waals surface area contributed by atoms with Crippen LogP contribution in [-0.2, 0) is 6.54 Å². The van der Waals surface area contributed by atoms with E-state index in [2.05, 4.69) is 5.32 Å². The Hall–Kier alpha value is -2.41. The maximum absolute atomic E-state index is 13.7. The molecule has 4 heteroatoms. The lowest BCUT2D eigenvalue weighted by atomic mass is 10.1. The van der Waals surface area contributed by atoms with Crippen LogP contribution in [0.2, 0.25) is 0 Å². The molecule has 0 saturated carbocycles. The van der Waals surface area contributed by atoms with Crippen LogP contribution < -0.4 is 5.32 Å². The van der Waals surface area contributed by atoms with Gasteiger partial charge in [-0.3, -0.25) is 0 Å². The molecule has 20 heavy (non-hydrogen) atoms. The lowest BCUT2D eigenvalue weighted by molar-refractivity contribution is 0.559. The van der Waals surface area contributed by atoms with Crippen molar-refractivity contribution in [3.63, 3.8) is 0 Å². The van der Waals surface area contributed by atoms with Crippen molar-refractivity contribution in [1.82, 2.24) is 0 Å². The van der Waals surface area contributed by atoms with Gasteiger partial charge in [-0.15, -0.1) is 0 Å². The van der Waals surface area contributed by atoms with Crippen molar-refractivity contribution in [2.45, 2.75) is 20.4 Å². The predicted octanol–water partition coefficient (Wildman–Crippen LogP) is 4.07. The van der Waals surface area contributed by atoms with E-state index in [1.165, 1.54) is 0 Å². The van der Waals surface area contributed by atoms with E-state index in [4.69, 9.17) is 5.26 Å². The zero-order valence-electron chi connectivity index (χ0n) is 11.3. The summed E-state index contributed by atoms with van der Waals surface area (Å²) in [6.07, 6.45) is 0. The summed E-state index contributed by atoms with van der Waals surface area (Å²) in [5, 5.41) is 11.6. The SMILES string of the molecule is Cc1cc(C)cc(NCc2c(F)cc(C#N)cc2F)c1. The average molecular weight is 272 g/mol. The molecule has 0 aliphatic carbocycles. The molecule has 2 aromatic rings. The van der Waals surface area contributed by atoms with Crippen LogP contribution >= 0.6 is 0 Å². The summed E-state index contributed by atoms with van der Waals surface area (Å²) in [4.78, 5) is 0. The third-order valence-corrected chi connectivity index (χ3v) is 2.96. The molecule has 0 aromatic heterocycles. The second-order valence-corrected chi connectivity index (χ2v) is 4.76. The highest BCUT2D eigenvalue weighted by Gasteiger charge is 2.11. The second kappa shape index (κ2) is 5.70. The highest BCUT2D eigenvalue weighted by molar-refractivity contribution is 5.49. The van der Waals surface area contributed by atoms with Gasteiger partial charge in [-0.2, -0.15) is 5.26 Å². The first-order valence-corrected chi connectivity index (χ1v) is 6.20. The molecule has 0 atom stereocenters. The summed E-state index contributed by atoms with van der Waals surface area (Å²) in [5.41, 5.74) is 2.88. The molecular weight excluding hydrogens is 258 g/mol. The van der Waals surface area contributed by atoms with E-state index >= 15 is 0 Å². The van der Waals surface area contributed by atoms with E-state index in [0.29, 0.717) is 0 Å². The summed E-state index contributed by atoms with van der Waals surface area (Å²) in [6, 6.07) is 9.65. The zero-order chi connectivity index (χ0) is 14.7. The highest BCUT2D eigenvalue weighted by atomic mass is 19.1. The van der Waals surface area contributed by atoms with Crippen LogP contribution in [-0.4, -0.2) is 0 Å². The van der Waals surface area contributed by atoms with Crippen molar-refractivity contribution in [3.8, 4) is 6.07 Å². The van der Waals surface area contributed by atoms with E-state index in [9.17, 15) is 8.78 Å². The monoisotopic (exact) mass is 272 g/mol. The second-order valence-electron chi connectivity index (χ2n) is 4.76. The molecule has 0 saturated heterocycles. The van der Waals surface area contributed by atoms with Crippen LogP contribution in [0.15, 0.2) is 30.3 Å². The molecule has 0 amide bonds. The number of nitrogens with zero attached hydrogens (tertiary/aromatic N) is 1. The minimum Gasteiger partial charge on any atom is -0.381 e. The van der Waals surface area contributed by atoms with Gasteiger partial charge in [0, 0.05) is 17.8 Å². The van der Waals surface area contributed by atoms with Crippen LogP contribution in [0, 0.1) is 36.8 Å². The molecule has 0 unspecified atom stereocenters. The zero-order valence-corrected chi connectivity index (χ0v) is 11.3. The van der Waals surface area contributed by atoms with Gasteiger partial charge in [-0.1, -0.05) is 6.07 Å². The maximum Gasteiger partial charge on any atom is 0.132 e. The van der Waals surface area contributed by atoms with Gasteiger partial charge in [0.2, 0.25) is 0 Å². The number of nitrogens with one attached hydrogen (secondary N) is 1. The number of rotatable bonds is 3. The largest absolute Gasteiger partial charge is 0.381 e. The standard InChI is InChI=1S/C16H14F2N2/c1-10-3-11(2)5-13(4-10)20-9-14-15(17)6-12(8-19)7-16(14)18/h3-7,20H,9H2,1-2H3. The summed E-state index contributed by atoms with van der Waals surface area (Å²) < 4.78 is 27.5. The number of benzene rings is 2. The number of halogens is 2. The Labute approximate surface area is 116 Å². The topological polar surface area (TPSA) is 35.8 Å². The van der Waals surface area contributed by atoms with Gasteiger partial charge < -0.3 is 5.32 Å². The first kappa shape index (κ1) is 14.0. The van der Waals surface area contributed by atoms with Crippen molar-refractivity contribution in [1.29, 1.82) is 5.26 Å². The van der Waals surface area contributed by atoms with Crippen molar-refractivity contribution in [2.24, 2.45) is 0 Å². The summed E-state index contributed by atoms with van der Waals surface area (Å²) >= 11 is 0. The van der Waals surface area contributed by atoms with Gasteiger partial charge in [0.05, 0.1) is 11.6 Å². The number of anilines is 1. The van der Waals surface area contributed by atoms with Crippen LogP contribution in [0.3, 0.4) is 0 Å². The Bertz CT molecular complexity index is 644. The van der Waals surface area contributed by atoms with Gasteiger partial charge in [0.25, 0.3) is 0 Å². The molecule has 0 bridgehead atoms. The molecule has 1 N–H and O–H groups in total. The third-order valence-electron chi connectivity index (χ3n) is 2.96. The fraction of sp³-hybridized carbons (Fsp3) is 0.188. The highest BCUT2D eigenvalue weighted by Crippen LogP contribution is 2.19. The molecule has 2 aromatic carbocycles. The van der Waals surface area contributed by atoms with Crippen LogP contribution in [0.1, 0.15) is 22.3 Å². The van der Waals surface area contributed by atoms with E-state index in [-0.39, 0.29) is 17.7 Å². The van der Waals surface area contributed by atoms with Gasteiger partial charge >= 0.3 is 0 Å². The smallest absolute Gasteiger partial charge is 0.132 e. The summed E-state index contributed by atoms with van der Waals surface area (Å²) in [5.74, 6) is -1.42. The van der Waals surface area contributed by atoms with Gasteiger partial charge in [-0.25, -0.2) is 8.78 Å². The van der Waals surface area contributed by atoms with Crippen LogP contribution in [0.4, 0.5) is 14.5 Å². The molecule has 102 valence electrons. The van der Waals surface area contributed by atoms with E-state index in [1.54, 1.807) is 6.07 Å². The van der Waals surface area contributed by atoms with E-state index < -0.39 is 11.6 Å². The first-order chi connectivity index (χ1) is 9.49. The Balaban J connectivity index is 2.21. The Morgan fingerprint density at radius 2 is 1.55 bits per heavy atom. The Kier molecular flexibility index (Phi) is 3.99. The van der Waals surface area contributed by atoms with Crippen molar-refractivity contribution < 1.29 is 8.78 Å². The van der Waals surface area contributed by atoms with Crippen LogP contribution in [0.5, 0.6) is 0 Å². The Morgan fingerprint density at radius 1 is 1.00 bits per heavy atom. The van der Waals surface area contributed by atoms with Crippen molar-refractivity contribution in [2.75, 3.05) is 5.32 Å². The van der Waals surface area contributed by atoms with Gasteiger partial charge in [0.1, 0.15) is 11.6 Å². The molecule has 0 heterocycles. The summed E-state index contributed by atoms with van der Waals surface area (Å²) in [6.45, 7) is 3.95. The van der Waals surface area contributed by atoms with E-state index in [1.807, 2.05) is 32.0 Å². The van der Waals surface area contributed by atoms with Crippen molar-refractivity contribution >= 4 is 5.69 Å². The minimum atomic E-state index is -0.710. The normalized spacial score (nSPS) is 10.2. The van der Waals surface area contributed by atoms with Gasteiger partial charge in [-0.05, 0) is 49.2 Å². The molecule has 0 aliphatic heterocycles. The average Bonchev–Trinajstić information content (AvgIpc) is 2.36. The lowest BCUT2D eigenvalue weighted by Gasteiger charge is -2.10. The van der Waals surface area contributed by atoms with Crippen molar-refractivity contribution in [3.05, 3.63) is 64.2 Å².